The Morgan fingerprint density at radius 1 is 1.23 bits per heavy atom. The number of nitrogens with one attached hydrogen (secondary N) is 1. The molecule has 1 amide bonds. The number of amidine groups is 3. The summed E-state index contributed by atoms with van der Waals surface area (Å²) in [5, 5.41) is 10.7. The third-order valence-corrected chi connectivity index (χ3v) is 7.29. The summed E-state index contributed by atoms with van der Waals surface area (Å²) in [5.74, 6) is -0.961. The molecule has 1 aromatic carbocycles. The number of hydrogen-bond acceptors (Lipinski definition) is 8. The molecule has 31 heavy (non-hydrogen) atoms. The van der Waals surface area contributed by atoms with Gasteiger partial charge in [-0.15, -0.1) is 11.3 Å². The number of carbonyl (C=O) groups is 1. The number of nitrogens with zero attached hydrogens (tertiary/aromatic N) is 5. The molecule has 5 rings (SSSR count). The minimum Gasteiger partial charge on any atom is -0.290 e. The minimum atomic E-state index is -3.72. The molecule has 0 saturated heterocycles. The minimum absolute atomic E-state index is 0.0412. The zero-order chi connectivity index (χ0) is 21.9. The zero-order valence-corrected chi connectivity index (χ0v) is 18.8. The summed E-state index contributed by atoms with van der Waals surface area (Å²) in [6, 6.07) is 7.10. The number of rotatable bonds is 2. The molecule has 2 aromatic heterocycles. The van der Waals surface area contributed by atoms with Gasteiger partial charge in [-0.05, 0) is 18.2 Å². The number of amides is 1. The number of aliphatic imine (C=N–C) groups is 1. The van der Waals surface area contributed by atoms with E-state index in [1.807, 2.05) is 17.5 Å². The number of aromatic nitrogens is 2. The highest BCUT2D eigenvalue weighted by atomic mass is 35.5. The van der Waals surface area contributed by atoms with Crippen LogP contribution in [0, 0.1) is 5.41 Å². The highest BCUT2D eigenvalue weighted by Gasteiger charge is 2.41. The molecule has 9 nitrogen and oxygen atoms in total. The highest BCUT2D eigenvalue weighted by molar-refractivity contribution is 8.16. The van der Waals surface area contributed by atoms with Crippen molar-refractivity contribution in [3.8, 4) is 11.3 Å². The molecule has 156 valence electrons. The lowest BCUT2D eigenvalue weighted by atomic mass is 10.1. The smallest absolute Gasteiger partial charge is 0.283 e. The van der Waals surface area contributed by atoms with Crippen LogP contribution in [0.25, 0.3) is 22.3 Å². The lowest BCUT2D eigenvalue weighted by Crippen LogP contribution is -2.45. The van der Waals surface area contributed by atoms with Crippen molar-refractivity contribution < 1.29 is 13.2 Å². The van der Waals surface area contributed by atoms with E-state index in [1.165, 1.54) is 17.4 Å². The number of sulfone groups is 1. The Morgan fingerprint density at radius 3 is 2.68 bits per heavy atom. The molecule has 0 spiro atoms. The van der Waals surface area contributed by atoms with E-state index in [9.17, 15) is 13.2 Å². The second-order valence-electron chi connectivity index (χ2n) is 6.59. The summed E-state index contributed by atoms with van der Waals surface area (Å²) >= 11 is 8.17. The summed E-state index contributed by atoms with van der Waals surface area (Å²) in [7, 11) is -3.72. The molecule has 2 aliphatic heterocycles. The van der Waals surface area contributed by atoms with E-state index in [0.717, 1.165) is 28.7 Å². The molecule has 2 aliphatic rings. The maximum atomic E-state index is 12.7. The lowest BCUT2D eigenvalue weighted by Gasteiger charge is -2.23. The van der Waals surface area contributed by atoms with Gasteiger partial charge in [0.15, 0.2) is 4.96 Å². The fraction of sp³-hybridized carbons (Fsp3) is 0.0556. The van der Waals surface area contributed by atoms with Gasteiger partial charge in [0.25, 0.3) is 5.91 Å². The van der Waals surface area contributed by atoms with Gasteiger partial charge < -0.3 is 0 Å². The summed E-state index contributed by atoms with van der Waals surface area (Å²) in [5.41, 5.74) is 1.88. The van der Waals surface area contributed by atoms with Crippen molar-refractivity contribution in [3.63, 3.8) is 0 Å². The van der Waals surface area contributed by atoms with Crippen LogP contribution in [0.4, 0.5) is 0 Å². The van der Waals surface area contributed by atoms with Gasteiger partial charge >= 0.3 is 0 Å². The Bertz CT molecular complexity index is 1480. The number of halogens is 1. The van der Waals surface area contributed by atoms with Crippen LogP contribution in [0.2, 0.25) is 5.02 Å². The van der Waals surface area contributed by atoms with Crippen molar-refractivity contribution in [2.45, 2.75) is 0 Å². The number of hydrogen-bond donors (Lipinski definition) is 1. The van der Waals surface area contributed by atoms with Gasteiger partial charge in [-0.3, -0.25) is 14.6 Å². The molecular formula is C18H11ClN6O3S3. The van der Waals surface area contributed by atoms with Crippen LogP contribution in [0.15, 0.2) is 50.8 Å². The van der Waals surface area contributed by atoms with Gasteiger partial charge in [-0.1, -0.05) is 23.7 Å². The Hall–Kier alpha value is -2.80. The Balaban J connectivity index is 1.68. The molecule has 0 unspecified atom stereocenters. The SMILES string of the molecule is CS(=O)(=O)C1=NSC2=NC(=O)C(=Cc3c(-c4ccc(Cl)cc4)nc4sccn34)C(=N)N21. The van der Waals surface area contributed by atoms with E-state index in [4.69, 9.17) is 17.0 Å². The van der Waals surface area contributed by atoms with Gasteiger partial charge in [0.2, 0.25) is 20.2 Å². The molecule has 4 heterocycles. The monoisotopic (exact) mass is 490 g/mol. The van der Waals surface area contributed by atoms with Crippen LogP contribution in [0.3, 0.4) is 0 Å². The average Bonchev–Trinajstić information content (AvgIpc) is 3.40. The fourth-order valence-electron chi connectivity index (χ4n) is 3.14. The summed E-state index contributed by atoms with van der Waals surface area (Å²) in [4.78, 5) is 23.1. The summed E-state index contributed by atoms with van der Waals surface area (Å²) in [6.45, 7) is 0. The molecule has 0 saturated carbocycles. The highest BCUT2D eigenvalue weighted by Crippen LogP contribution is 2.33. The number of fused-ring (bicyclic) bond motifs is 2. The van der Waals surface area contributed by atoms with Crippen LogP contribution < -0.4 is 0 Å². The lowest BCUT2D eigenvalue weighted by molar-refractivity contribution is -0.114. The van der Waals surface area contributed by atoms with Gasteiger partial charge in [0, 0.05) is 28.4 Å². The Labute approximate surface area is 189 Å². The van der Waals surface area contributed by atoms with Gasteiger partial charge in [-0.25, -0.2) is 18.3 Å². The predicted molar refractivity (Wildman–Crippen MR) is 123 cm³/mol. The zero-order valence-electron chi connectivity index (χ0n) is 15.6. The molecule has 1 N–H and O–H groups in total. The topological polar surface area (TPSA) is 120 Å². The largest absolute Gasteiger partial charge is 0.290 e. The van der Waals surface area contributed by atoms with E-state index in [1.54, 1.807) is 22.7 Å². The van der Waals surface area contributed by atoms with Gasteiger partial charge in [-0.2, -0.15) is 9.39 Å². The number of thiazole rings is 1. The second-order valence-corrected chi connectivity index (χ2v) is 10.5. The summed E-state index contributed by atoms with van der Waals surface area (Å²) in [6.07, 6.45) is 4.30. The molecule has 13 heteroatoms. The van der Waals surface area contributed by atoms with E-state index < -0.39 is 15.7 Å². The van der Waals surface area contributed by atoms with E-state index in [0.29, 0.717) is 21.4 Å². The van der Waals surface area contributed by atoms with Crippen molar-refractivity contribution in [3.05, 3.63) is 52.1 Å². The van der Waals surface area contributed by atoms with Crippen molar-refractivity contribution in [1.29, 1.82) is 5.41 Å². The van der Waals surface area contributed by atoms with E-state index in [-0.39, 0.29) is 21.7 Å². The molecular weight excluding hydrogens is 480 g/mol. The first kappa shape index (κ1) is 20.1. The van der Waals surface area contributed by atoms with Crippen LogP contribution in [0.5, 0.6) is 0 Å². The third kappa shape index (κ3) is 3.31. The fourth-order valence-corrected chi connectivity index (χ4v) is 5.83. The normalized spacial score (nSPS) is 18.0. The van der Waals surface area contributed by atoms with Gasteiger partial charge in [0.1, 0.15) is 5.84 Å². The molecule has 0 fully saturated rings. The quantitative estimate of drug-likeness (QED) is 0.434. The third-order valence-electron chi connectivity index (χ3n) is 4.52. The van der Waals surface area contributed by atoms with Gasteiger partial charge in [0.05, 0.1) is 28.9 Å². The maximum Gasteiger partial charge on any atom is 0.283 e. The van der Waals surface area contributed by atoms with Crippen LogP contribution >= 0.6 is 34.9 Å². The van der Waals surface area contributed by atoms with Crippen molar-refractivity contribution in [1.82, 2.24) is 14.3 Å². The summed E-state index contributed by atoms with van der Waals surface area (Å²) < 4.78 is 29.8. The maximum absolute atomic E-state index is 12.7. The molecule has 0 radical (unpaired) electrons. The first-order valence-corrected chi connectivity index (χ1v) is 12.6. The molecule has 3 aromatic rings. The number of benzene rings is 1. The second kappa shape index (κ2) is 7.12. The van der Waals surface area contributed by atoms with Crippen LogP contribution in [-0.2, 0) is 14.6 Å². The van der Waals surface area contributed by atoms with Crippen molar-refractivity contribution in [2.75, 3.05) is 6.26 Å². The van der Waals surface area contributed by atoms with Crippen LogP contribution in [0.1, 0.15) is 5.69 Å². The van der Waals surface area contributed by atoms with Crippen LogP contribution in [-0.4, -0.2) is 51.0 Å². The standard InChI is InChI=1S/C18H11ClN6O3S3/c1-31(27,28)18-23-30-17-22-15(26)11(14(20)25(17)18)8-12-13(9-2-4-10(19)5-3-9)21-16-24(12)6-7-29-16/h2-8,20H,1H3. The molecule has 0 aliphatic carbocycles. The molecule has 0 bridgehead atoms. The van der Waals surface area contributed by atoms with E-state index >= 15 is 0 Å². The average molecular weight is 491 g/mol. The predicted octanol–water partition coefficient (Wildman–Crippen LogP) is 3.34. The van der Waals surface area contributed by atoms with Crippen molar-refractivity contribution in [2.24, 2.45) is 9.39 Å². The number of imidazole rings is 1. The Kier molecular flexibility index (Phi) is 4.62. The first-order valence-electron chi connectivity index (χ1n) is 8.64. The Morgan fingerprint density at radius 2 is 1.97 bits per heavy atom. The molecule has 0 atom stereocenters. The number of carbonyl (C=O) groups excluding carboxylic acids is 1. The van der Waals surface area contributed by atoms with Crippen molar-refractivity contribution >= 4 is 77.8 Å². The van der Waals surface area contributed by atoms with E-state index in [2.05, 4.69) is 14.4 Å². The first-order chi connectivity index (χ1) is 14.7.